The van der Waals surface area contributed by atoms with Crippen LogP contribution in [0, 0.1) is 0 Å². The quantitative estimate of drug-likeness (QED) is 0.812. The molecular formula is C17H23N3O3. The number of aromatic nitrogens is 1. The topological polar surface area (TPSA) is 66.7 Å². The third kappa shape index (κ3) is 4.31. The number of ether oxygens (including phenoxy) is 1. The van der Waals surface area contributed by atoms with E-state index in [4.69, 9.17) is 4.74 Å². The molecule has 1 unspecified atom stereocenters. The number of benzene rings is 1. The van der Waals surface area contributed by atoms with Crippen LogP contribution >= 0.6 is 0 Å². The Morgan fingerprint density at radius 3 is 2.87 bits per heavy atom. The SMILES string of the molecule is O=C(Cn1ccc2ccccc21)NCC(O)CN1CCOCC1. The number of nitrogens with one attached hydrogen (secondary N) is 1. The van der Waals surface area contributed by atoms with E-state index in [2.05, 4.69) is 10.2 Å². The van der Waals surface area contributed by atoms with E-state index in [0.29, 0.717) is 19.8 Å². The van der Waals surface area contributed by atoms with Gasteiger partial charge in [-0.3, -0.25) is 9.69 Å². The summed E-state index contributed by atoms with van der Waals surface area (Å²) in [5.41, 5.74) is 1.04. The van der Waals surface area contributed by atoms with Crippen molar-refractivity contribution in [3.8, 4) is 0 Å². The van der Waals surface area contributed by atoms with Gasteiger partial charge in [0.1, 0.15) is 6.54 Å². The van der Waals surface area contributed by atoms with Crippen LogP contribution in [0.25, 0.3) is 10.9 Å². The Labute approximate surface area is 135 Å². The molecule has 0 aliphatic carbocycles. The monoisotopic (exact) mass is 317 g/mol. The van der Waals surface area contributed by atoms with E-state index in [-0.39, 0.29) is 19.0 Å². The van der Waals surface area contributed by atoms with E-state index in [1.807, 2.05) is 41.1 Å². The summed E-state index contributed by atoms with van der Waals surface area (Å²) < 4.78 is 7.19. The number of fused-ring (bicyclic) bond motifs is 1. The van der Waals surface area contributed by atoms with Gasteiger partial charge in [-0.25, -0.2) is 0 Å². The first kappa shape index (κ1) is 16.0. The molecular weight excluding hydrogens is 294 g/mol. The van der Waals surface area contributed by atoms with Crippen molar-refractivity contribution in [3.63, 3.8) is 0 Å². The fraction of sp³-hybridized carbons (Fsp3) is 0.471. The highest BCUT2D eigenvalue weighted by Gasteiger charge is 2.15. The Kier molecular flexibility index (Phi) is 5.27. The molecule has 0 radical (unpaired) electrons. The number of hydrogen-bond donors (Lipinski definition) is 2. The van der Waals surface area contributed by atoms with E-state index >= 15 is 0 Å². The van der Waals surface area contributed by atoms with Crippen molar-refractivity contribution >= 4 is 16.8 Å². The number of para-hydroxylation sites is 1. The van der Waals surface area contributed by atoms with Crippen molar-refractivity contribution in [2.24, 2.45) is 0 Å². The first-order valence-corrected chi connectivity index (χ1v) is 8.01. The summed E-state index contributed by atoms with van der Waals surface area (Å²) in [7, 11) is 0. The fourth-order valence-corrected chi connectivity index (χ4v) is 2.87. The van der Waals surface area contributed by atoms with Crippen molar-refractivity contribution in [2.45, 2.75) is 12.6 Å². The van der Waals surface area contributed by atoms with Crippen LogP contribution in [-0.4, -0.2) is 66.0 Å². The number of rotatable bonds is 6. The summed E-state index contributed by atoms with van der Waals surface area (Å²) in [6.45, 7) is 4.18. The normalized spacial score (nSPS) is 17.3. The predicted molar refractivity (Wildman–Crippen MR) is 88.2 cm³/mol. The zero-order valence-electron chi connectivity index (χ0n) is 13.1. The number of β-amino-alcohol motifs (C(OH)–C–C–N with tert-alkyl or cyclic N) is 1. The maximum absolute atomic E-state index is 12.1. The van der Waals surface area contributed by atoms with Gasteiger partial charge in [-0.1, -0.05) is 18.2 Å². The molecule has 1 aliphatic rings. The van der Waals surface area contributed by atoms with Gasteiger partial charge in [0.05, 0.1) is 19.3 Å². The lowest BCUT2D eigenvalue weighted by Crippen LogP contribution is -2.44. The fourth-order valence-electron chi connectivity index (χ4n) is 2.87. The molecule has 124 valence electrons. The molecule has 2 heterocycles. The average Bonchev–Trinajstić information content (AvgIpc) is 2.97. The molecule has 0 spiro atoms. The van der Waals surface area contributed by atoms with Crippen LogP contribution in [0.1, 0.15) is 0 Å². The van der Waals surface area contributed by atoms with Gasteiger partial charge in [0.25, 0.3) is 0 Å². The lowest BCUT2D eigenvalue weighted by atomic mass is 10.2. The van der Waals surface area contributed by atoms with Crippen molar-refractivity contribution in [2.75, 3.05) is 39.4 Å². The number of carbonyl (C=O) groups excluding carboxylic acids is 1. The Morgan fingerprint density at radius 2 is 2.04 bits per heavy atom. The third-order valence-electron chi connectivity index (χ3n) is 4.10. The number of carbonyl (C=O) groups is 1. The Balaban J connectivity index is 1.45. The molecule has 1 atom stereocenters. The highest BCUT2D eigenvalue weighted by Crippen LogP contribution is 2.14. The molecule has 3 rings (SSSR count). The molecule has 1 aromatic heterocycles. The molecule has 1 aromatic carbocycles. The first-order valence-electron chi connectivity index (χ1n) is 8.01. The lowest BCUT2D eigenvalue weighted by molar-refractivity contribution is -0.122. The highest BCUT2D eigenvalue weighted by molar-refractivity contribution is 5.83. The molecule has 2 N–H and O–H groups in total. The van der Waals surface area contributed by atoms with Crippen molar-refractivity contribution in [1.82, 2.24) is 14.8 Å². The Morgan fingerprint density at radius 1 is 1.26 bits per heavy atom. The molecule has 1 fully saturated rings. The molecule has 1 amide bonds. The van der Waals surface area contributed by atoms with Gasteiger partial charge in [0.2, 0.25) is 5.91 Å². The van der Waals surface area contributed by atoms with Gasteiger partial charge in [0, 0.05) is 37.9 Å². The number of aliphatic hydroxyl groups excluding tert-OH is 1. The summed E-state index contributed by atoms with van der Waals surface area (Å²) in [4.78, 5) is 14.2. The molecule has 1 saturated heterocycles. The van der Waals surface area contributed by atoms with Crippen molar-refractivity contribution in [3.05, 3.63) is 36.5 Å². The predicted octanol–water partition coefficient (Wildman–Crippen LogP) is 0.451. The van der Waals surface area contributed by atoms with Gasteiger partial charge in [-0.2, -0.15) is 0 Å². The second-order valence-corrected chi connectivity index (χ2v) is 5.87. The molecule has 0 bridgehead atoms. The molecule has 0 saturated carbocycles. The summed E-state index contributed by atoms with van der Waals surface area (Å²) >= 11 is 0. The summed E-state index contributed by atoms with van der Waals surface area (Å²) in [6.07, 6.45) is 1.35. The van der Waals surface area contributed by atoms with E-state index in [0.717, 1.165) is 24.0 Å². The van der Waals surface area contributed by atoms with Crippen molar-refractivity contribution < 1.29 is 14.6 Å². The summed E-state index contributed by atoms with van der Waals surface area (Å²) in [5.74, 6) is -0.0904. The van der Waals surface area contributed by atoms with Crippen molar-refractivity contribution in [1.29, 1.82) is 0 Å². The zero-order chi connectivity index (χ0) is 16.1. The van der Waals surface area contributed by atoms with Gasteiger partial charge < -0.3 is 19.7 Å². The number of morpholine rings is 1. The minimum absolute atomic E-state index is 0.0904. The molecule has 23 heavy (non-hydrogen) atoms. The first-order chi connectivity index (χ1) is 11.2. The summed E-state index contributed by atoms with van der Waals surface area (Å²) in [5, 5.41) is 14.0. The number of aliphatic hydroxyl groups is 1. The van der Waals surface area contributed by atoms with Gasteiger partial charge in [-0.15, -0.1) is 0 Å². The zero-order valence-corrected chi connectivity index (χ0v) is 13.1. The van der Waals surface area contributed by atoms with Gasteiger partial charge >= 0.3 is 0 Å². The second kappa shape index (κ2) is 7.59. The highest BCUT2D eigenvalue weighted by atomic mass is 16.5. The minimum Gasteiger partial charge on any atom is -0.390 e. The Hall–Kier alpha value is -1.89. The Bertz CT molecular complexity index is 649. The molecule has 1 aliphatic heterocycles. The maximum Gasteiger partial charge on any atom is 0.240 e. The lowest BCUT2D eigenvalue weighted by Gasteiger charge is -2.28. The van der Waals surface area contributed by atoms with Gasteiger partial charge in [-0.05, 0) is 17.5 Å². The molecule has 2 aromatic rings. The number of amides is 1. The van der Waals surface area contributed by atoms with E-state index in [9.17, 15) is 9.90 Å². The molecule has 6 nitrogen and oxygen atoms in total. The van der Waals surface area contributed by atoms with Crippen LogP contribution in [0.5, 0.6) is 0 Å². The van der Waals surface area contributed by atoms with Crippen LogP contribution in [0.2, 0.25) is 0 Å². The minimum atomic E-state index is -0.557. The summed E-state index contributed by atoms with van der Waals surface area (Å²) in [6, 6.07) is 9.96. The van der Waals surface area contributed by atoms with Crippen LogP contribution in [-0.2, 0) is 16.1 Å². The van der Waals surface area contributed by atoms with E-state index in [1.165, 1.54) is 0 Å². The average molecular weight is 317 g/mol. The third-order valence-corrected chi connectivity index (χ3v) is 4.10. The largest absolute Gasteiger partial charge is 0.390 e. The standard InChI is InChI=1S/C17H23N3O3/c21-15(12-19-7-9-23-10-8-19)11-18-17(22)13-20-6-5-14-3-1-2-4-16(14)20/h1-6,15,21H,7-13H2,(H,18,22). The van der Waals surface area contributed by atoms with E-state index in [1.54, 1.807) is 0 Å². The maximum atomic E-state index is 12.1. The second-order valence-electron chi connectivity index (χ2n) is 5.87. The number of hydrogen-bond acceptors (Lipinski definition) is 4. The van der Waals surface area contributed by atoms with E-state index < -0.39 is 6.10 Å². The number of nitrogens with zero attached hydrogens (tertiary/aromatic N) is 2. The van der Waals surface area contributed by atoms with Crippen LogP contribution < -0.4 is 5.32 Å². The van der Waals surface area contributed by atoms with Gasteiger partial charge in [0.15, 0.2) is 0 Å². The smallest absolute Gasteiger partial charge is 0.240 e. The van der Waals surface area contributed by atoms with Crippen LogP contribution in [0.15, 0.2) is 36.5 Å². The van der Waals surface area contributed by atoms with Crippen LogP contribution in [0.3, 0.4) is 0 Å². The van der Waals surface area contributed by atoms with Crippen LogP contribution in [0.4, 0.5) is 0 Å². The molecule has 6 heteroatoms.